The largest absolute Gasteiger partial charge is 0.145 e. The fraction of sp³-hybridized carbons (Fsp3) is 0.750. The topological polar surface area (TPSA) is 0 Å². The predicted molar refractivity (Wildman–Crippen MR) is 78.1 cm³/mol. The van der Waals surface area contributed by atoms with Gasteiger partial charge in [0.1, 0.15) is 0 Å². The molecular weight excluding hydrogens is 224 g/mol. The SMILES string of the molecule is CC(C)c1ccc(C2CCCCCCCC2)s1. The van der Waals surface area contributed by atoms with Crippen LogP contribution in [0.15, 0.2) is 12.1 Å². The van der Waals surface area contributed by atoms with Crippen LogP contribution in [0.4, 0.5) is 0 Å². The minimum Gasteiger partial charge on any atom is -0.145 e. The van der Waals surface area contributed by atoms with E-state index in [2.05, 4.69) is 37.3 Å². The number of hydrogen-bond donors (Lipinski definition) is 0. The Labute approximate surface area is 110 Å². The normalized spacial score (nSPS) is 19.9. The van der Waals surface area contributed by atoms with Gasteiger partial charge in [-0.3, -0.25) is 0 Å². The summed E-state index contributed by atoms with van der Waals surface area (Å²) >= 11 is 2.07. The highest BCUT2D eigenvalue weighted by atomic mass is 32.1. The quantitative estimate of drug-likeness (QED) is 0.596. The summed E-state index contributed by atoms with van der Waals surface area (Å²) in [5, 5.41) is 0. The van der Waals surface area contributed by atoms with E-state index in [1.54, 1.807) is 9.75 Å². The first-order valence-corrected chi connectivity index (χ1v) is 8.18. The lowest BCUT2D eigenvalue weighted by molar-refractivity contribution is 0.547. The lowest BCUT2D eigenvalue weighted by atomic mass is 9.95. The fourth-order valence-electron chi connectivity index (χ4n) is 2.82. The molecule has 0 aromatic carbocycles. The van der Waals surface area contributed by atoms with Crippen LogP contribution in [-0.2, 0) is 0 Å². The van der Waals surface area contributed by atoms with Gasteiger partial charge in [-0.15, -0.1) is 11.3 Å². The minimum atomic E-state index is 0.699. The van der Waals surface area contributed by atoms with E-state index in [-0.39, 0.29) is 0 Å². The van der Waals surface area contributed by atoms with Gasteiger partial charge in [0.15, 0.2) is 0 Å². The Morgan fingerprint density at radius 3 is 2.06 bits per heavy atom. The lowest BCUT2D eigenvalue weighted by Crippen LogP contribution is -1.95. The summed E-state index contributed by atoms with van der Waals surface area (Å²) in [6.07, 6.45) is 11.6. The summed E-state index contributed by atoms with van der Waals surface area (Å²) in [4.78, 5) is 3.23. The molecule has 17 heavy (non-hydrogen) atoms. The molecular formula is C16H26S. The van der Waals surface area contributed by atoms with Gasteiger partial charge in [-0.2, -0.15) is 0 Å². The molecule has 0 bridgehead atoms. The van der Waals surface area contributed by atoms with Crippen molar-refractivity contribution >= 4 is 11.3 Å². The molecule has 0 spiro atoms. The molecule has 96 valence electrons. The summed E-state index contributed by atoms with van der Waals surface area (Å²) in [7, 11) is 0. The molecule has 1 saturated carbocycles. The molecule has 0 amide bonds. The van der Waals surface area contributed by atoms with Crippen LogP contribution in [0.1, 0.15) is 86.8 Å². The lowest BCUT2D eigenvalue weighted by Gasteiger charge is -2.13. The second-order valence-corrected chi connectivity index (χ2v) is 6.94. The fourth-order valence-corrected chi connectivity index (χ4v) is 4.00. The summed E-state index contributed by atoms with van der Waals surface area (Å²) in [6.45, 7) is 4.61. The second kappa shape index (κ2) is 6.58. The third-order valence-corrected chi connectivity index (χ3v) is 5.52. The molecule has 1 aromatic heterocycles. The molecule has 0 aliphatic heterocycles. The van der Waals surface area contributed by atoms with Crippen molar-refractivity contribution in [2.45, 2.75) is 77.0 Å². The minimum absolute atomic E-state index is 0.699. The van der Waals surface area contributed by atoms with Crippen LogP contribution < -0.4 is 0 Å². The maximum Gasteiger partial charge on any atom is 0.00792 e. The molecule has 1 aliphatic rings. The van der Waals surface area contributed by atoms with E-state index in [0.29, 0.717) is 5.92 Å². The van der Waals surface area contributed by atoms with Gasteiger partial charge in [0.2, 0.25) is 0 Å². The van der Waals surface area contributed by atoms with E-state index in [0.717, 1.165) is 5.92 Å². The molecule has 0 unspecified atom stereocenters. The van der Waals surface area contributed by atoms with Crippen LogP contribution in [-0.4, -0.2) is 0 Å². The molecule has 0 nitrogen and oxygen atoms in total. The van der Waals surface area contributed by atoms with E-state index < -0.39 is 0 Å². The number of rotatable bonds is 2. The van der Waals surface area contributed by atoms with Crippen molar-refractivity contribution in [3.8, 4) is 0 Å². The van der Waals surface area contributed by atoms with Crippen molar-refractivity contribution in [1.82, 2.24) is 0 Å². The zero-order valence-corrected chi connectivity index (χ0v) is 12.2. The highest BCUT2D eigenvalue weighted by Gasteiger charge is 2.15. The smallest absolute Gasteiger partial charge is 0.00792 e. The van der Waals surface area contributed by atoms with E-state index >= 15 is 0 Å². The van der Waals surface area contributed by atoms with Gasteiger partial charge in [-0.1, -0.05) is 52.4 Å². The van der Waals surface area contributed by atoms with Crippen LogP contribution in [0.25, 0.3) is 0 Å². The van der Waals surface area contributed by atoms with Crippen molar-refractivity contribution < 1.29 is 0 Å². The van der Waals surface area contributed by atoms with Crippen LogP contribution in [0.3, 0.4) is 0 Å². The van der Waals surface area contributed by atoms with Gasteiger partial charge in [0, 0.05) is 9.75 Å². The predicted octanol–water partition coefficient (Wildman–Crippen LogP) is 6.09. The van der Waals surface area contributed by atoms with E-state index in [4.69, 9.17) is 0 Å². The molecule has 1 fully saturated rings. The molecule has 1 aliphatic carbocycles. The first-order valence-electron chi connectivity index (χ1n) is 7.37. The van der Waals surface area contributed by atoms with Crippen molar-refractivity contribution in [3.05, 3.63) is 21.9 Å². The van der Waals surface area contributed by atoms with Gasteiger partial charge in [-0.25, -0.2) is 0 Å². The summed E-state index contributed by atoms with van der Waals surface area (Å²) in [6, 6.07) is 4.76. The zero-order chi connectivity index (χ0) is 12.1. The summed E-state index contributed by atoms with van der Waals surface area (Å²) in [5.41, 5.74) is 0. The van der Waals surface area contributed by atoms with Crippen molar-refractivity contribution in [1.29, 1.82) is 0 Å². The molecule has 1 aromatic rings. The molecule has 1 heterocycles. The average Bonchev–Trinajstić information content (AvgIpc) is 2.82. The standard InChI is InChI=1S/C16H26S/c1-13(2)15-11-12-16(17-15)14-9-7-5-3-4-6-8-10-14/h11-14H,3-10H2,1-2H3. The van der Waals surface area contributed by atoms with Crippen LogP contribution in [0.5, 0.6) is 0 Å². The van der Waals surface area contributed by atoms with Crippen molar-refractivity contribution in [2.75, 3.05) is 0 Å². The maximum absolute atomic E-state index is 2.41. The Kier molecular flexibility index (Phi) is 5.09. The summed E-state index contributed by atoms with van der Waals surface area (Å²) in [5.74, 6) is 1.57. The highest BCUT2D eigenvalue weighted by Crippen LogP contribution is 2.36. The number of hydrogen-bond acceptors (Lipinski definition) is 1. The van der Waals surface area contributed by atoms with E-state index in [1.807, 2.05) is 0 Å². The molecule has 1 heteroatoms. The average molecular weight is 250 g/mol. The van der Waals surface area contributed by atoms with Gasteiger partial charge in [0.25, 0.3) is 0 Å². The highest BCUT2D eigenvalue weighted by molar-refractivity contribution is 7.12. The first-order chi connectivity index (χ1) is 8.27. The third-order valence-electron chi connectivity index (χ3n) is 3.97. The van der Waals surface area contributed by atoms with Crippen molar-refractivity contribution in [3.63, 3.8) is 0 Å². The summed E-state index contributed by atoms with van der Waals surface area (Å²) < 4.78 is 0. The monoisotopic (exact) mass is 250 g/mol. The van der Waals surface area contributed by atoms with Crippen LogP contribution in [0, 0.1) is 0 Å². The van der Waals surface area contributed by atoms with Crippen molar-refractivity contribution in [2.24, 2.45) is 0 Å². The molecule has 2 rings (SSSR count). The Bertz CT molecular complexity index is 314. The Hall–Kier alpha value is -0.300. The maximum atomic E-state index is 2.41. The van der Waals surface area contributed by atoms with Crippen LogP contribution in [0.2, 0.25) is 0 Å². The van der Waals surface area contributed by atoms with E-state index in [9.17, 15) is 0 Å². The van der Waals surface area contributed by atoms with Crippen LogP contribution >= 0.6 is 11.3 Å². The second-order valence-electron chi connectivity index (χ2n) is 5.79. The Balaban J connectivity index is 2.01. The van der Waals surface area contributed by atoms with Gasteiger partial charge in [-0.05, 0) is 36.8 Å². The molecule has 0 atom stereocenters. The van der Waals surface area contributed by atoms with Gasteiger partial charge < -0.3 is 0 Å². The Morgan fingerprint density at radius 2 is 1.53 bits per heavy atom. The molecule has 0 saturated heterocycles. The number of thiophene rings is 1. The van der Waals surface area contributed by atoms with Gasteiger partial charge in [0.05, 0.1) is 0 Å². The molecule has 0 radical (unpaired) electrons. The zero-order valence-electron chi connectivity index (χ0n) is 11.4. The van der Waals surface area contributed by atoms with E-state index in [1.165, 1.54) is 51.4 Å². The Morgan fingerprint density at radius 1 is 0.941 bits per heavy atom. The third kappa shape index (κ3) is 3.84. The van der Waals surface area contributed by atoms with Gasteiger partial charge >= 0.3 is 0 Å². The molecule has 0 N–H and O–H groups in total. The first kappa shape index (κ1) is 13.1.